The van der Waals surface area contributed by atoms with Crippen LogP contribution < -0.4 is 4.74 Å². The maximum Gasteiger partial charge on any atom is 0.122 e. The molecular weight excluding hydrogens is 222 g/mol. The monoisotopic (exact) mass is 245 g/mol. The van der Waals surface area contributed by atoms with Gasteiger partial charge in [0.1, 0.15) is 5.75 Å². The van der Waals surface area contributed by atoms with E-state index in [1.165, 1.54) is 49.9 Å². The van der Waals surface area contributed by atoms with Crippen molar-refractivity contribution in [3.8, 4) is 5.75 Å². The van der Waals surface area contributed by atoms with Crippen molar-refractivity contribution < 1.29 is 4.74 Å². The Labute approximate surface area is 110 Å². The molecule has 3 rings (SSSR count). The predicted octanol–water partition coefficient (Wildman–Crippen LogP) is 2.89. The van der Waals surface area contributed by atoms with Crippen molar-refractivity contribution in [1.29, 1.82) is 0 Å². The molecule has 1 aliphatic heterocycles. The van der Waals surface area contributed by atoms with Gasteiger partial charge in [-0.15, -0.1) is 0 Å². The first-order valence-corrected chi connectivity index (χ1v) is 7.22. The van der Waals surface area contributed by atoms with Crippen molar-refractivity contribution >= 4 is 0 Å². The van der Waals surface area contributed by atoms with Crippen LogP contribution in [-0.2, 0) is 12.8 Å². The number of nitrogens with zero attached hydrogens (tertiary/aromatic N) is 1. The first-order valence-electron chi connectivity index (χ1n) is 7.22. The minimum absolute atomic E-state index is 0.767. The number of likely N-dealkylation sites (tertiary alicyclic amines) is 1. The highest BCUT2D eigenvalue weighted by Gasteiger charge is 2.35. The van der Waals surface area contributed by atoms with Crippen molar-refractivity contribution in [2.24, 2.45) is 5.92 Å². The maximum absolute atomic E-state index is 5.53. The van der Waals surface area contributed by atoms with Gasteiger partial charge >= 0.3 is 0 Å². The molecular formula is C16H23NO. The summed E-state index contributed by atoms with van der Waals surface area (Å²) in [5, 5.41) is 0. The lowest BCUT2D eigenvalue weighted by Crippen LogP contribution is -2.49. The predicted molar refractivity (Wildman–Crippen MR) is 74.2 cm³/mol. The Bertz CT molecular complexity index is 429. The summed E-state index contributed by atoms with van der Waals surface area (Å²) in [5.41, 5.74) is 2.98. The van der Waals surface area contributed by atoms with Gasteiger partial charge in [0, 0.05) is 6.04 Å². The zero-order valence-corrected chi connectivity index (χ0v) is 11.5. The Morgan fingerprint density at radius 1 is 1.33 bits per heavy atom. The number of benzene rings is 1. The van der Waals surface area contributed by atoms with E-state index >= 15 is 0 Å². The van der Waals surface area contributed by atoms with Crippen LogP contribution in [0.5, 0.6) is 5.75 Å². The van der Waals surface area contributed by atoms with E-state index in [9.17, 15) is 0 Å². The Morgan fingerprint density at radius 3 is 3.00 bits per heavy atom. The van der Waals surface area contributed by atoms with Crippen LogP contribution in [0.4, 0.5) is 0 Å². The third kappa shape index (κ3) is 1.93. The first-order chi connectivity index (χ1) is 8.83. The third-order valence-electron chi connectivity index (χ3n) is 4.78. The minimum atomic E-state index is 0.767. The van der Waals surface area contributed by atoms with Crippen molar-refractivity contribution in [3.05, 3.63) is 29.3 Å². The molecule has 2 aliphatic rings. The van der Waals surface area contributed by atoms with Crippen LogP contribution in [0.3, 0.4) is 0 Å². The fourth-order valence-corrected chi connectivity index (χ4v) is 3.85. The topological polar surface area (TPSA) is 12.5 Å². The van der Waals surface area contributed by atoms with Gasteiger partial charge in [0.25, 0.3) is 0 Å². The lowest BCUT2D eigenvalue weighted by Gasteiger charge is -2.44. The third-order valence-corrected chi connectivity index (χ3v) is 4.78. The van der Waals surface area contributed by atoms with E-state index in [1.54, 1.807) is 7.11 Å². The molecule has 98 valence electrons. The van der Waals surface area contributed by atoms with Crippen LogP contribution in [0.2, 0.25) is 0 Å². The van der Waals surface area contributed by atoms with Crippen molar-refractivity contribution in [2.45, 2.75) is 38.6 Å². The molecule has 2 atom stereocenters. The van der Waals surface area contributed by atoms with Gasteiger partial charge in [-0.25, -0.2) is 0 Å². The summed E-state index contributed by atoms with van der Waals surface area (Å²) in [6.07, 6.45) is 5.17. The van der Waals surface area contributed by atoms with Gasteiger partial charge in [-0.3, -0.25) is 0 Å². The number of ether oxygens (including phenoxy) is 1. The Morgan fingerprint density at radius 2 is 2.22 bits per heavy atom. The highest BCUT2D eigenvalue weighted by Crippen LogP contribution is 2.38. The normalized spacial score (nSPS) is 27.4. The molecule has 0 amide bonds. The second kappa shape index (κ2) is 4.93. The number of piperidine rings is 1. The van der Waals surface area contributed by atoms with Crippen LogP contribution in [-0.4, -0.2) is 31.1 Å². The highest BCUT2D eigenvalue weighted by atomic mass is 16.5. The Kier molecular flexibility index (Phi) is 3.29. The lowest BCUT2D eigenvalue weighted by molar-refractivity contribution is 0.0903. The molecule has 2 nitrogen and oxygen atoms in total. The fourth-order valence-electron chi connectivity index (χ4n) is 3.85. The summed E-state index contributed by atoms with van der Waals surface area (Å²) in [4.78, 5) is 2.68. The van der Waals surface area contributed by atoms with Crippen LogP contribution in [0.1, 0.15) is 30.9 Å². The molecule has 1 heterocycles. The molecule has 0 N–H and O–H groups in total. The molecule has 0 aromatic heterocycles. The summed E-state index contributed by atoms with van der Waals surface area (Å²) < 4.78 is 5.53. The van der Waals surface area contributed by atoms with Crippen LogP contribution in [0.15, 0.2) is 18.2 Å². The van der Waals surface area contributed by atoms with Crippen molar-refractivity contribution in [3.63, 3.8) is 0 Å². The molecule has 1 aliphatic carbocycles. The smallest absolute Gasteiger partial charge is 0.122 e. The van der Waals surface area contributed by atoms with E-state index in [1.807, 2.05) is 0 Å². The zero-order valence-electron chi connectivity index (χ0n) is 11.5. The summed E-state index contributed by atoms with van der Waals surface area (Å²) in [6, 6.07) is 7.30. The van der Waals surface area contributed by atoms with Crippen molar-refractivity contribution in [2.75, 3.05) is 20.2 Å². The fraction of sp³-hybridized carbons (Fsp3) is 0.625. The molecule has 2 heteroatoms. The van der Waals surface area contributed by atoms with E-state index in [0.29, 0.717) is 0 Å². The maximum atomic E-state index is 5.53. The summed E-state index contributed by atoms with van der Waals surface area (Å²) in [6.45, 7) is 4.78. The summed E-state index contributed by atoms with van der Waals surface area (Å²) >= 11 is 0. The van der Waals surface area contributed by atoms with Crippen LogP contribution in [0, 0.1) is 5.92 Å². The number of methoxy groups -OCH3 is 1. The van der Waals surface area contributed by atoms with Gasteiger partial charge < -0.3 is 9.64 Å². The molecule has 1 fully saturated rings. The van der Waals surface area contributed by atoms with Crippen LogP contribution in [0.25, 0.3) is 0 Å². The molecule has 0 bridgehead atoms. The molecule has 0 radical (unpaired) electrons. The molecule has 0 saturated carbocycles. The second-order valence-corrected chi connectivity index (χ2v) is 5.60. The average molecular weight is 245 g/mol. The van der Waals surface area contributed by atoms with Gasteiger partial charge in [0.15, 0.2) is 0 Å². The zero-order chi connectivity index (χ0) is 12.5. The quantitative estimate of drug-likeness (QED) is 0.794. The number of likely N-dealkylation sites (N-methyl/N-ethyl adjacent to an activating group) is 1. The first kappa shape index (κ1) is 12.0. The van der Waals surface area contributed by atoms with Gasteiger partial charge in [0.2, 0.25) is 0 Å². The number of rotatable bonds is 2. The number of fused-ring (bicyclic) bond motifs is 2. The molecule has 1 aromatic carbocycles. The van der Waals surface area contributed by atoms with Gasteiger partial charge in [-0.05, 0) is 61.9 Å². The van der Waals surface area contributed by atoms with Crippen molar-refractivity contribution in [1.82, 2.24) is 4.90 Å². The minimum Gasteiger partial charge on any atom is -0.496 e. The number of hydrogen-bond donors (Lipinski definition) is 0. The molecule has 1 aromatic rings. The van der Waals surface area contributed by atoms with E-state index in [0.717, 1.165) is 17.7 Å². The standard InChI is InChI=1S/C16H23NO/c1-3-17-9-5-7-13-10-14-12(11-15(13)17)6-4-8-16(14)18-2/h4,6,8,13,15H,3,5,7,9-11H2,1-2H3. The lowest BCUT2D eigenvalue weighted by atomic mass is 9.75. The molecule has 18 heavy (non-hydrogen) atoms. The average Bonchev–Trinajstić information content (AvgIpc) is 2.43. The van der Waals surface area contributed by atoms with E-state index in [-0.39, 0.29) is 0 Å². The largest absolute Gasteiger partial charge is 0.496 e. The van der Waals surface area contributed by atoms with Crippen LogP contribution >= 0.6 is 0 Å². The Balaban J connectivity index is 1.93. The van der Waals surface area contributed by atoms with E-state index in [4.69, 9.17) is 4.74 Å². The number of hydrogen-bond acceptors (Lipinski definition) is 2. The van der Waals surface area contributed by atoms with Gasteiger partial charge in [0.05, 0.1) is 7.11 Å². The van der Waals surface area contributed by atoms with E-state index in [2.05, 4.69) is 30.0 Å². The molecule has 2 unspecified atom stereocenters. The molecule has 1 saturated heterocycles. The van der Waals surface area contributed by atoms with Gasteiger partial charge in [-0.2, -0.15) is 0 Å². The second-order valence-electron chi connectivity index (χ2n) is 5.60. The highest BCUT2D eigenvalue weighted by molar-refractivity contribution is 5.43. The summed E-state index contributed by atoms with van der Waals surface area (Å²) in [7, 11) is 1.79. The SMILES string of the molecule is CCN1CCCC2Cc3c(cccc3OC)CC21. The van der Waals surface area contributed by atoms with Gasteiger partial charge in [-0.1, -0.05) is 19.1 Å². The Hall–Kier alpha value is -1.02. The molecule has 0 spiro atoms. The van der Waals surface area contributed by atoms with E-state index < -0.39 is 0 Å². The summed E-state index contributed by atoms with van der Waals surface area (Å²) in [5.74, 6) is 1.93.